The Labute approximate surface area is 149 Å². The Morgan fingerprint density at radius 1 is 0.923 bits per heavy atom. The Bertz CT molecular complexity index is 714. The van der Waals surface area contributed by atoms with Crippen LogP contribution in [0.15, 0.2) is 36.4 Å². The number of amides is 1. The molecule has 0 unspecified atom stereocenters. The first-order chi connectivity index (χ1) is 12.1. The van der Waals surface area contributed by atoms with E-state index in [0.717, 1.165) is 36.4 Å². The molecule has 2 aromatic rings. The predicted octanol–water partition coefficient (Wildman–Crippen LogP) is 3.25. The summed E-state index contributed by atoms with van der Waals surface area (Å²) in [7, 11) is 0. The summed E-state index contributed by atoms with van der Waals surface area (Å²) in [5, 5.41) is 2.71. The van der Waals surface area contributed by atoms with Crippen LogP contribution >= 0.6 is 0 Å². The molecule has 0 aliphatic carbocycles. The maximum absolute atomic E-state index is 13.5. The van der Waals surface area contributed by atoms with Gasteiger partial charge in [-0.1, -0.05) is 0 Å². The van der Waals surface area contributed by atoms with Crippen molar-refractivity contribution >= 4 is 5.91 Å². The molecule has 1 atom stereocenters. The Balaban J connectivity index is 2.35. The molecular weight excluding hydrogens is 348 g/mol. The molecule has 0 fully saturated rings. The second kappa shape index (κ2) is 7.86. The van der Waals surface area contributed by atoms with Crippen LogP contribution in [0.5, 0.6) is 0 Å². The standard InChI is InChI=1S/C19H20F4N2O/c1-11(24)18(26)25-19(2,9-12-3-14(20)7-15(21)4-12)10-13-5-16(22)8-17(23)6-13/h3-8,11H,9-10,24H2,1-2H3,(H,25,26)/t11-/m0/s1. The summed E-state index contributed by atoms with van der Waals surface area (Å²) in [6, 6.07) is 5.24. The van der Waals surface area contributed by atoms with Crippen LogP contribution in [0, 0.1) is 23.3 Å². The SMILES string of the molecule is C[C@H](N)C(=O)NC(C)(Cc1cc(F)cc(F)c1)Cc1cc(F)cc(F)c1. The fourth-order valence-electron chi connectivity index (χ4n) is 2.89. The molecule has 0 bridgehead atoms. The van der Waals surface area contributed by atoms with E-state index in [4.69, 9.17) is 5.73 Å². The van der Waals surface area contributed by atoms with Crippen molar-refractivity contribution in [3.63, 3.8) is 0 Å². The van der Waals surface area contributed by atoms with Gasteiger partial charge in [-0.2, -0.15) is 0 Å². The summed E-state index contributed by atoms with van der Waals surface area (Å²) in [5.74, 6) is -3.49. The van der Waals surface area contributed by atoms with E-state index in [1.165, 1.54) is 6.92 Å². The number of benzene rings is 2. The van der Waals surface area contributed by atoms with Crippen molar-refractivity contribution in [2.24, 2.45) is 5.73 Å². The van der Waals surface area contributed by atoms with Gasteiger partial charge in [0.25, 0.3) is 0 Å². The van der Waals surface area contributed by atoms with Crippen LogP contribution < -0.4 is 11.1 Å². The van der Waals surface area contributed by atoms with E-state index in [1.54, 1.807) is 6.92 Å². The Morgan fingerprint density at radius 2 is 1.27 bits per heavy atom. The van der Waals surface area contributed by atoms with Gasteiger partial charge in [-0.15, -0.1) is 0 Å². The second-order valence-electron chi connectivity index (χ2n) is 6.75. The van der Waals surface area contributed by atoms with E-state index in [1.807, 2.05) is 0 Å². The molecule has 3 N–H and O–H groups in total. The molecule has 7 heteroatoms. The number of nitrogens with two attached hydrogens (primary N) is 1. The van der Waals surface area contributed by atoms with E-state index in [9.17, 15) is 22.4 Å². The molecule has 0 spiro atoms. The molecule has 0 aliphatic rings. The Kier molecular flexibility index (Phi) is 6.02. The summed E-state index contributed by atoms with van der Waals surface area (Å²) in [6.45, 7) is 3.11. The van der Waals surface area contributed by atoms with Crippen molar-refractivity contribution in [1.82, 2.24) is 5.32 Å². The van der Waals surface area contributed by atoms with E-state index in [0.29, 0.717) is 11.1 Å². The molecular formula is C19H20F4N2O. The van der Waals surface area contributed by atoms with Crippen LogP contribution in [0.1, 0.15) is 25.0 Å². The maximum atomic E-state index is 13.5. The highest BCUT2D eigenvalue weighted by Crippen LogP contribution is 2.22. The second-order valence-corrected chi connectivity index (χ2v) is 6.75. The lowest BCUT2D eigenvalue weighted by molar-refractivity contribution is -0.123. The molecule has 0 saturated carbocycles. The first-order valence-corrected chi connectivity index (χ1v) is 8.04. The number of halogens is 4. The first-order valence-electron chi connectivity index (χ1n) is 8.04. The van der Waals surface area contributed by atoms with Crippen molar-refractivity contribution in [1.29, 1.82) is 0 Å². The Hall–Kier alpha value is -2.41. The van der Waals surface area contributed by atoms with Crippen molar-refractivity contribution in [3.05, 3.63) is 70.8 Å². The topological polar surface area (TPSA) is 55.1 Å². The minimum absolute atomic E-state index is 0.0400. The molecule has 0 aliphatic heterocycles. The van der Waals surface area contributed by atoms with Crippen LogP contribution in [-0.4, -0.2) is 17.5 Å². The highest BCUT2D eigenvalue weighted by Gasteiger charge is 2.29. The van der Waals surface area contributed by atoms with Crippen LogP contribution in [0.25, 0.3) is 0 Å². The smallest absolute Gasteiger partial charge is 0.237 e. The van der Waals surface area contributed by atoms with Gasteiger partial charge in [0.1, 0.15) is 23.3 Å². The van der Waals surface area contributed by atoms with E-state index < -0.39 is 40.8 Å². The fraction of sp³-hybridized carbons (Fsp3) is 0.316. The van der Waals surface area contributed by atoms with Gasteiger partial charge in [-0.05, 0) is 62.1 Å². The van der Waals surface area contributed by atoms with Crippen molar-refractivity contribution in [2.75, 3.05) is 0 Å². The largest absolute Gasteiger partial charge is 0.349 e. The van der Waals surface area contributed by atoms with Crippen LogP contribution in [0.4, 0.5) is 17.6 Å². The zero-order chi connectivity index (χ0) is 19.5. The molecule has 0 heterocycles. The quantitative estimate of drug-likeness (QED) is 0.769. The summed E-state index contributed by atoms with van der Waals surface area (Å²) >= 11 is 0. The van der Waals surface area contributed by atoms with Gasteiger partial charge < -0.3 is 11.1 Å². The van der Waals surface area contributed by atoms with Crippen LogP contribution in [0.3, 0.4) is 0 Å². The minimum atomic E-state index is -1.06. The van der Waals surface area contributed by atoms with E-state index in [2.05, 4.69) is 5.32 Å². The molecule has 3 nitrogen and oxygen atoms in total. The third-order valence-corrected chi connectivity index (χ3v) is 3.87. The molecule has 2 aromatic carbocycles. The van der Waals surface area contributed by atoms with Crippen LogP contribution in [0.2, 0.25) is 0 Å². The van der Waals surface area contributed by atoms with Gasteiger partial charge >= 0.3 is 0 Å². The first kappa shape index (κ1) is 19.9. The summed E-state index contributed by atoms with van der Waals surface area (Å²) in [5.41, 5.74) is 5.11. The fourth-order valence-corrected chi connectivity index (χ4v) is 2.89. The number of carbonyl (C=O) groups is 1. The Morgan fingerprint density at radius 3 is 1.58 bits per heavy atom. The van der Waals surface area contributed by atoms with Crippen molar-refractivity contribution in [2.45, 2.75) is 38.3 Å². The van der Waals surface area contributed by atoms with Crippen molar-refractivity contribution in [3.8, 4) is 0 Å². The van der Waals surface area contributed by atoms with E-state index in [-0.39, 0.29) is 12.8 Å². The van der Waals surface area contributed by atoms with Crippen LogP contribution in [-0.2, 0) is 17.6 Å². The highest BCUT2D eigenvalue weighted by molar-refractivity contribution is 5.81. The predicted molar refractivity (Wildman–Crippen MR) is 90.3 cm³/mol. The van der Waals surface area contributed by atoms with E-state index >= 15 is 0 Å². The monoisotopic (exact) mass is 368 g/mol. The molecule has 0 saturated heterocycles. The average molecular weight is 368 g/mol. The molecule has 1 amide bonds. The summed E-state index contributed by atoms with van der Waals surface area (Å²) < 4.78 is 53.9. The number of hydrogen-bond donors (Lipinski definition) is 2. The summed E-state index contributed by atoms with van der Waals surface area (Å²) in [6.07, 6.45) is 0.0799. The van der Waals surface area contributed by atoms with Gasteiger partial charge in [-0.25, -0.2) is 17.6 Å². The van der Waals surface area contributed by atoms with Gasteiger partial charge in [0.05, 0.1) is 6.04 Å². The lowest BCUT2D eigenvalue weighted by atomic mass is 9.86. The van der Waals surface area contributed by atoms with Gasteiger partial charge in [0.2, 0.25) is 5.91 Å². The minimum Gasteiger partial charge on any atom is -0.349 e. The number of hydrogen-bond acceptors (Lipinski definition) is 2. The highest BCUT2D eigenvalue weighted by atomic mass is 19.1. The third-order valence-electron chi connectivity index (χ3n) is 3.87. The van der Waals surface area contributed by atoms with Gasteiger partial charge in [-0.3, -0.25) is 4.79 Å². The molecule has 140 valence electrons. The zero-order valence-corrected chi connectivity index (χ0v) is 14.5. The zero-order valence-electron chi connectivity index (χ0n) is 14.5. The lowest BCUT2D eigenvalue weighted by Gasteiger charge is -2.32. The maximum Gasteiger partial charge on any atom is 0.237 e. The molecule has 0 aromatic heterocycles. The average Bonchev–Trinajstić information content (AvgIpc) is 2.43. The third kappa shape index (κ3) is 5.56. The normalized spacial score (nSPS) is 12.7. The molecule has 0 radical (unpaired) electrons. The molecule has 2 rings (SSSR count). The number of carbonyl (C=O) groups excluding carboxylic acids is 1. The van der Waals surface area contributed by atoms with Crippen molar-refractivity contribution < 1.29 is 22.4 Å². The van der Waals surface area contributed by atoms with Gasteiger partial charge in [0.15, 0.2) is 0 Å². The van der Waals surface area contributed by atoms with Gasteiger partial charge in [0, 0.05) is 17.7 Å². The lowest BCUT2D eigenvalue weighted by Crippen LogP contribution is -2.53. The summed E-state index contributed by atoms with van der Waals surface area (Å²) in [4.78, 5) is 12.1. The number of rotatable bonds is 6. The number of nitrogens with one attached hydrogen (secondary N) is 1. The molecule has 26 heavy (non-hydrogen) atoms.